The van der Waals surface area contributed by atoms with E-state index in [0.717, 1.165) is 51.4 Å². The van der Waals surface area contributed by atoms with Crippen molar-refractivity contribution in [3.05, 3.63) is 12.3 Å². The summed E-state index contributed by atoms with van der Waals surface area (Å²) in [6.07, 6.45) is 11.4. The van der Waals surface area contributed by atoms with E-state index in [1.165, 1.54) is 40.5 Å². The summed E-state index contributed by atoms with van der Waals surface area (Å²) in [6, 6.07) is 22.0. The van der Waals surface area contributed by atoms with E-state index >= 15 is 0 Å². The summed E-state index contributed by atoms with van der Waals surface area (Å²) >= 11 is 0. The highest BCUT2D eigenvalue weighted by Gasteiger charge is 2.39. The van der Waals surface area contributed by atoms with Gasteiger partial charge in [-0.1, -0.05) is 52.2 Å². The predicted octanol–water partition coefficient (Wildman–Crippen LogP) is 16.7. The van der Waals surface area contributed by atoms with E-state index in [1.807, 2.05) is 85.7 Å². The zero-order chi connectivity index (χ0) is 78.8. The summed E-state index contributed by atoms with van der Waals surface area (Å²) in [7, 11) is 3.19. The Morgan fingerprint density at radius 3 is 1.00 bits per heavy atom. The van der Waals surface area contributed by atoms with Crippen molar-refractivity contribution in [1.29, 1.82) is 57.9 Å². The van der Waals surface area contributed by atoms with Gasteiger partial charge >= 0.3 is 12.0 Å². The van der Waals surface area contributed by atoms with Crippen molar-refractivity contribution in [1.82, 2.24) is 0 Å². The third-order valence-corrected chi connectivity index (χ3v) is 14.7. The summed E-state index contributed by atoms with van der Waals surface area (Å²) in [6.45, 7) is 38.5. The van der Waals surface area contributed by atoms with E-state index in [4.69, 9.17) is 46.1 Å². The topological polar surface area (TPSA) is 538 Å². The molecule has 0 aromatic heterocycles. The molecule has 100 heavy (non-hydrogen) atoms. The second-order valence-corrected chi connectivity index (χ2v) is 29.5. The first-order valence-corrected chi connectivity index (χ1v) is 32.6. The Balaban J connectivity index is -0.000000562. The summed E-state index contributed by atoms with van der Waals surface area (Å²) in [5.41, 5.74) is -6.73. The van der Waals surface area contributed by atoms with Gasteiger partial charge in [0.25, 0.3) is 0 Å². The number of hydrogen-bond acceptors (Lipinski definition) is 28. The van der Waals surface area contributed by atoms with Gasteiger partial charge in [-0.25, -0.2) is 10.1 Å². The summed E-state index contributed by atoms with van der Waals surface area (Å²) in [5, 5.41) is 163. The fraction of sp³-hybridized carbons (Fsp3) is 0.783. The van der Waals surface area contributed by atoms with Crippen molar-refractivity contribution in [2.45, 2.75) is 320 Å². The zero-order valence-corrected chi connectivity index (χ0v) is 63.2. The van der Waals surface area contributed by atoms with Gasteiger partial charge in [0.05, 0.1) is 78.0 Å². The molecule has 31 heteroatoms. The van der Waals surface area contributed by atoms with Crippen LogP contribution in [0, 0.1) is 136 Å². The van der Waals surface area contributed by atoms with E-state index in [1.54, 1.807) is 69.6 Å². The molecule has 0 saturated heterocycles. The molecule has 2 aliphatic rings. The predicted molar refractivity (Wildman–Crippen MR) is 369 cm³/mol. The number of carboxylic acids is 1. The molecule has 0 heterocycles. The van der Waals surface area contributed by atoms with Crippen LogP contribution in [0.4, 0.5) is 4.79 Å². The van der Waals surface area contributed by atoms with Crippen molar-refractivity contribution in [2.75, 3.05) is 14.2 Å². The fourth-order valence-electron chi connectivity index (χ4n) is 8.88. The summed E-state index contributed by atoms with van der Waals surface area (Å²) in [5.74, 6) is -0.386. The van der Waals surface area contributed by atoms with Crippen LogP contribution in [0.25, 0.3) is 0 Å². The molecule has 2 rings (SSSR count). The van der Waals surface area contributed by atoms with Gasteiger partial charge in [-0.2, -0.15) is 114 Å². The van der Waals surface area contributed by atoms with Crippen molar-refractivity contribution in [3.8, 4) is 66.8 Å². The first-order chi connectivity index (χ1) is 45.8. The molecule has 0 aliphatic heterocycles. The minimum Gasteiger partial charge on any atom is -0.481 e. The van der Waals surface area contributed by atoms with Crippen LogP contribution in [-0.2, 0) is 19.2 Å². The normalized spacial score (nSPS) is 18.0. The number of carboxylic acid groups (broad SMARTS) is 1. The van der Waals surface area contributed by atoms with Gasteiger partial charge in [0.1, 0.15) is 5.76 Å². The molecule has 0 bridgehead atoms. The van der Waals surface area contributed by atoms with E-state index in [2.05, 4.69) is 115 Å². The highest BCUT2D eigenvalue weighted by atomic mass is 17.1. The van der Waals surface area contributed by atoms with Gasteiger partial charge in [0.15, 0.2) is 60.9 Å². The minimum absolute atomic E-state index is 0.0265. The summed E-state index contributed by atoms with van der Waals surface area (Å²) in [4.78, 5) is 24.4. The molecule has 6 atom stereocenters. The van der Waals surface area contributed by atoms with Crippen LogP contribution in [-0.4, -0.2) is 109 Å². The second kappa shape index (κ2) is 43.7. The Kier molecular flexibility index (Phi) is 42.3. The standard InChI is InChI=1S/C16H28N4O2.C14H20N4.C14H24N4.C12H16N4O4.C8H12N4.C5H8N4O/c1-13(2,21-7)9-15(5,11-17)19-20-16(6,12-18)10-14(3,4)22-8;15-11-13(7-3-1-4-8-13)17-18-14(12-16)9-5-2-6-10-14;1-11(2)7-13(5,9-15)17-18-14(6,10-16)8-12(3)4;1-9(20-19)6-12(3,8-14)16-15-11(2,7-13)5-4-10(17)18;1-7(2,5-9)11-12-8(3,4)6-10;1-5(2,3-6)9-8-4(7)10/h9-10H2,1-8H3;1-10H2;11-12H,7-8H2,1-6H3;19H,1,4-6H2,2-3H3,(H,17,18);1-4H3;1-2H3,(H2,7,10). The molecule has 546 valence electrons. The van der Waals surface area contributed by atoms with Gasteiger partial charge in [0, 0.05) is 39.9 Å². The highest BCUT2D eigenvalue weighted by molar-refractivity contribution is 5.71. The molecular weight excluding hydrogens is 1280 g/mol. The van der Waals surface area contributed by atoms with Crippen molar-refractivity contribution in [3.63, 3.8) is 0 Å². The van der Waals surface area contributed by atoms with Gasteiger partial charge in [0.2, 0.25) is 0 Å². The maximum absolute atomic E-state index is 10.5. The van der Waals surface area contributed by atoms with E-state index < -0.39 is 84.1 Å². The number of hydrogen-bond donors (Lipinski definition) is 3. The Bertz CT molecular complexity index is 3170. The number of rotatable bonds is 27. The molecule has 0 spiro atoms. The number of amides is 2. The molecule has 6 unspecified atom stereocenters. The zero-order valence-electron chi connectivity index (χ0n) is 63.2. The molecule has 2 saturated carbocycles. The smallest absolute Gasteiger partial charge is 0.356 e. The molecule has 2 amide bonds. The first-order valence-electron chi connectivity index (χ1n) is 32.6. The van der Waals surface area contributed by atoms with Crippen LogP contribution < -0.4 is 5.73 Å². The average molecular weight is 1390 g/mol. The van der Waals surface area contributed by atoms with Crippen molar-refractivity contribution >= 4 is 12.0 Å². The number of nitrogens with two attached hydrogens (primary N) is 1. The van der Waals surface area contributed by atoms with Crippen LogP contribution in [0.2, 0.25) is 0 Å². The van der Waals surface area contributed by atoms with Crippen molar-refractivity contribution in [2.24, 2.45) is 78.9 Å². The Morgan fingerprint density at radius 1 is 0.460 bits per heavy atom. The lowest BCUT2D eigenvalue weighted by molar-refractivity contribution is -0.206. The Morgan fingerprint density at radius 2 is 0.750 bits per heavy atom. The number of nitriles is 11. The second-order valence-electron chi connectivity index (χ2n) is 29.5. The monoisotopic (exact) mass is 1380 g/mol. The number of azo groups is 6. The molecule has 0 aromatic carbocycles. The lowest BCUT2D eigenvalue weighted by Crippen LogP contribution is -2.37. The Labute approximate surface area is 593 Å². The largest absolute Gasteiger partial charge is 0.481 e. The summed E-state index contributed by atoms with van der Waals surface area (Å²) < 4.78 is 10.7. The van der Waals surface area contributed by atoms with Crippen LogP contribution >= 0.6 is 0 Å². The van der Waals surface area contributed by atoms with Gasteiger partial charge in [-0.05, 0) is 193 Å². The minimum atomic E-state index is -1.36. The molecule has 2 aliphatic carbocycles. The van der Waals surface area contributed by atoms with Crippen molar-refractivity contribution < 1.29 is 34.3 Å². The molecular formula is C69H108N24O7. The number of aliphatic carboxylic acids is 1. The lowest BCUT2D eigenvalue weighted by Gasteiger charge is -2.31. The van der Waals surface area contributed by atoms with E-state index in [-0.39, 0.29) is 25.0 Å². The van der Waals surface area contributed by atoms with Crippen LogP contribution in [0.1, 0.15) is 248 Å². The average Bonchev–Trinajstić information content (AvgIpc) is 0.833. The van der Waals surface area contributed by atoms with E-state index in [9.17, 15) is 41.2 Å². The number of urea groups is 1. The molecule has 2 fully saturated rings. The molecule has 31 nitrogen and oxygen atoms in total. The number of carbonyl (C=O) groups is 2. The van der Waals surface area contributed by atoms with Crippen LogP contribution in [0.5, 0.6) is 0 Å². The Hall–Kier alpha value is -9.65. The molecule has 0 radical (unpaired) electrons. The van der Waals surface area contributed by atoms with Gasteiger partial charge < -0.3 is 25.2 Å². The van der Waals surface area contributed by atoms with Crippen LogP contribution in [0.3, 0.4) is 0 Å². The third-order valence-electron chi connectivity index (χ3n) is 14.7. The number of ether oxygens (including phenoxy) is 2. The highest BCUT2D eigenvalue weighted by Crippen LogP contribution is 2.37. The number of primary amides is 1. The SMILES string of the molecule is C=C(CC(C)(C#N)N=NC(C)(C#N)CCC(=O)O)OO.CC(C)(C#N)N=NC(C)(C)C#N.CC(C)(C#N)N=NC(N)=O.CC(C)CC(C)(C#N)N=NC(C)(C#N)CC(C)C.COC(C)(C)CC(C)(C#N)N=NC(C)(C#N)CC(C)(C)OC.N#CC1(N=NC2(C#N)CCCCC2)CCCCC1. The van der Waals surface area contributed by atoms with Gasteiger partial charge in [-0.15, -0.1) is 0 Å². The molecule has 4 N–H and O–H groups in total. The van der Waals surface area contributed by atoms with E-state index in [0.29, 0.717) is 37.5 Å². The fourth-order valence-corrected chi connectivity index (χ4v) is 8.88. The number of methoxy groups -OCH3 is 2. The maximum Gasteiger partial charge on any atom is 0.356 e. The van der Waals surface area contributed by atoms with Crippen LogP contribution in [0.15, 0.2) is 73.7 Å². The quantitative estimate of drug-likeness (QED) is 0.0297. The lowest BCUT2D eigenvalue weighted by atomic mass is 9.82. The first kappa shape index (κ1) is 96.7. The number of nitrogens with zero attached hydrogens (tertiary/aromatic N) is 23. The molecule has 0 aromatic rings. The maximum atomic E-state index is 10.5. The van der Waals surface area contributed by atoms with Gasteiger partial charge in [-0.3, -0.25) is 4.79 Å². The number of carbonyl (C=O) groups excluding carboxylic acids is 1. The third kappa shape index (κ3) is 42.9.